The van der Waals surface area contributed by atoms with Gasteiger partial charge in [-0.3, -0.25) is 4.79 Å². The number of likely N-dealkylation sites (tertiary alicyclic amines) is 1. The number of hydrogen-bond donors (Lipinski definition) is 1. The first-order valence-corrected chi connectivity index (χ1v) is 9.04. The second kappa shape index (κ2) is 5.74. The molecule has 1 N–H and O–H groups in total. The maximum atomic E-state index is 12.9. The average molecular weight is 348 g/mol. The highest BCUT2D eigenvalue weighted by Crippen LogP contribution is 2.44. The van der Waals surface area contributed by atoms with E-state index in [1.807, 2.05) is 11.8 Å². The minimum absolute atomic E-state index is 0.0531. The van der Waals surface area contributed by atoms with Gasteiger partial charge in [-0.15, -0.1) is 0 Å². The van der Waals surface area contributed by atoms with Gasteiger partial charge >= 0.3 is 0 Å². The zero-order valence-electron chi connectivity index (χ0n) is 13.8. The number of carbonyl (C=O) groups excluding carboxylic acids is 1. The number of fused-ring (bicyclic) bond motifs is 2. The van der Waals surface area contributed by atoms with Crippen LogP contribution in [0.1, 0.15) is 43.1 Å². The zero-order chi connectivity index (χ0) is 16.9. The molecule has 1 saturated carbocycles. The molecule has 1 amide bonds. The Labute approximate surface area is 146 Å². The number of rotatable bonds is 2. The van der Waals surface area contributed by atoms with Gasteiger partial charge in [0.15, 0.2) is 0 Å². The molecule has 1 saturated heterocycles. The van der Waals surface area contributed by atoms with Crippen molar-refractivity contribution in [1.82, 2.24) is 14.3 Å². The Morgan fingerprint density at radius 3 is 3.04 bits per heavy atom. The highest BCUT2D eigenvalue weighted by atomic mass is 35.5. The van der Waals surface area contributed by atoms with Gasteiger partial charge in [-0.2, -0.15) is 0 Å². The summed E-state index contributed by atoms with van der Waals surface area (Å²) < 4.78 is 1.78. The summed E-state index contributed by atoms with van der Waals surface area (Å²) in [6.45, 7) is 3.39. The van der Waals surface area contributed by atoms with Gasteiger partial charge in [0.25, 0.3) is 5.91 Å². The first-order valence-electron chi connectivity index (χ1n) is 8.66. The number of aromatic nitrogens is 2. The SMILES string of the molecule is CC[C@]1(O)CCC[C@H]2CN(C(=O)c3cn4cc(Cl)ccc4n3)C[C@H]21. The van der Waals surface area contributed by atoms with Crippen molar-refractivity contribution < 1.29 is 9.90 Å². The van der Waals surface area contributed by atoms with Gasteiger partial charge in [0.05, 0.1) is 10.6 Å². The molecule has 6 heteroatoms. The van der Waals surface area contributed by atoms with Gasteiger partial charge in [-0.1, -0.05) is 24.9 Å². The van der Waals surface area contributed by atoms with Crippen LogP contribution < -0.4 is 0 Å². The van der Waals surface area contributed by atoms with Gasteiger partial charge in [-0.25, -0.2) is 4.98 Å². The molecule has 1 aliphatic carbocycles. The maximum Gasteiger partial charge on any atom is 0.274 e. The lowest BCUT2D eigenvalue weighted by atomic mass is 9.69. The molecule has 0 unspecified atom stereocenters. The van der Waals surface area contributed by atoms with E-state index in [0.717, 1.165) is 32.2 Å². The molecule has 3 heterocycles. The standard InChI is InChI=1S/C18H22ClN3O2/c1-2-18(24)7-3-4-12-8-22(10-14(12)18)17(23)15-11-21-9-13(19)5-6-16(21)20-15/h5-6,9,11-12,14,24H,2-4,7-8,10H2,1H3/t12-,14+,18-/m0/s1. The smallest absolute Gasteiger partial charge is 0.274 e. The third kappa shape index (κ3) is 2.50. The van der Waals surface area contributed by atoms with Crippen molar-refractivity contribution in [3.63, 3.8) is 0 Å². The molecular formula is C18H22ClN3O2. The maximum absolute atomic E-state index is 12.9. The molecule has 0 radical (unpaired) electrons. The Kier molecular flexibility index (Phi) is 3.81. The third-order valence-electron chi connectivity index (χ3n) is 5.85. The Hall–Kier alpha value is -1.59. The van der Waals surface area contributed by atoms with Gasteiger partial charge in [0.1, 0.15) is 11.3 Å². The molecule has 2 aliphatic rings. The molecule has 0 spiro atoms. The lowest BCUT2D eigenvalue weighted by Crippen LogP contribution is -2.44. The number of imidazole rings is 1. The molecule has 24 heavy (non-hydrogen) atoms. The minimum atomic E-state index is -0.621. The fourth-order valence-corrected chi connectivity index (χ4v) is 4.63. The highest BCUT2D eigenvalue weighted by Gasteiger charge is 2.48. The van der Waals surface area contributed by atoms with Crippen molar-refractivity contribution in [1.29, 1.82) is 0 Å². The van der Waals surface area contributed by atoms with E-state index in [1.165, 1.54) is 0 Å². The summed E-state index contributed by atoms with van der Waals surface area (Å²) in [5.74, 6) is 0.536. The minimum Gasteiger partial charge on any atom is -0.390 e. The van der Waals surface area contributed by atoms with Crippen molar-refractivity contribution >= 4 is 23.2 Å². The molecule has 4 rings (SSSR count). The van der Waals surface area contributed by atoms with E-state index in [4.69, 9.17) is 11.6 Å². The number of pyridine rings is 1. The van der Waals surface area contributed by atoms with Gasteiger partial charge in [-0.05, 0) is 37.3 Å². The quantitative estimate of drug-likeness (QED) is 0.908. The van der Waals surface area contributed by atoms with Crippen LogP contribution in [0.2, 0.25) is 5.02 Å². The van der Waals surface area contributed by atoms with E-state index in [9.17, 15) is 9.90 Å². The van der Waals surface area contributed by atoms with E-state index in [0.29, 0.717) is 28.8 Å². The number of nitrogens with zero attached hydrogens (tertiary/aromatic N) is 3. The topological polar surface area (TPSA) is 57.8 Å². The molecule has 0 aromatic carbocycles. The fraction of sp³-hybridized carbons (Fsp3) is 0.556. The van der Waals surface area contributed by atoms with E-state index in [-0.39, 0.29) is 11.8 Å². The molecule has 5 nitrogen and oxygen atoms in total. The van der Waals surface area contributed by atoms with Crippen molar-refractivity contribution in [2.24, 2.45) is 11.8 Å². The van der Waals surface area contributed by atoms with Gasteiger partial charge in [0.2, 0.25) is 0 Å². The summed E-state index contributed by atoms with van der Waals surface area (Å²) in [5, 5.41) is 11.5. The number of carbonyl (C=O) groups is 1. The van der Waals surface area contributed by atoms with Gasteiger partial charge < -0.3 is 14.4 Å². The lowest BCUT2D eigenvalue weighted by molar-refractivity contribution is -0.0609. The Morgan fingerprint density at radius 2 is 2.25 bits per heavy atom. The van der Waals surface area contributed by atoms with Crippen LogP contribution in [-0.2, 0) is 0 Å². The van der Waals surface area contributed by atoms with Crippen molar-refractivity contribution in [3.8, 4) is 0 Å². The summed E-state index contributed by atoms with van der Waals surface area (Å²) >= 11 is 5.99. The predicted molar refractivity (Wildman–Crippen MR) is 92.2 cm³/mol. The summed E-state index contributed by atoms with van der Waals surface area (Å²) in [4.78, 5) is 19.2. The molecule has 0 bridgehead atoms. The van der Waals surface area contributed by atoms with Crippen LogP contribution in [0, 0.1) is 11.8 Å². The van der Waals surface area contributed by atoms with Crippen LogP contribution in [0.25, 0.3) is 5.65 Å². The van der Waals surface area contributed by atoms with E-state index in [1.54, 1.807) is 28.9 Å². The first kappa shape index (κ1) is 15.9. The number of halogens is 1. The van der Waals surface area contributed by atoms with Crippen LogP contribution in [0.3, 0.4) is 0 Å². The molecule has 2 aromatic heterocycles. The van der Waals surface area contributed by atoms with Gasteiger partial charge in [0, 0.05) is 31.4 Å². The number of aliphatic hydroxyl groups is 1. The first-order chi connectivity index (χ1) is 11.5. The molecular weight excluding hydrogens is 326 g/mol. The van der Waals surface area contributed by atoms with Crippen LogP contribution in [0.15, 0.2) is 24.5 Å². The van der Waals surface area contributed by atoms with Crippen molar-refractivity contribution in [3.05, 3.63) is 35.2 Å². The van der Waals surface area contributed by atoms with Crippen molar-refractivity contribution in [2.75, 3.05) is 13.1 Å². The Balaban J connectivity index is 1.58. The van der Waals surface area contributed by atoms with E-state index >= 15 is 0 Å². The van der Waals surface area contributed by atoms with Crippen molar-refractivity contribution in [2.45, 2.75) is 38.2 Å². The van der Waals surface area contributed by atoms with Crippen LogP contribution >= 0.6 is 11.6 Å². The second-order valence-corrected chi connectivity index (χ2v) is 7.60. The molecule has 1 aliphatic heterocycles. The van der Waals surface area contributed by atoms with Crippen LogP contribution in [0.5, 0.6) is 0 Å². The average Bonchev–Trinajstić information content (AvgIpc) is 3.18. The monoisotopic (exact) mass is 347 g/mol. The molecule has 128 valence electrons. The van der Waals surface area contributed by atoms with E-state index in [2.05, 4.69) is 4.98 Å². The van der Waals surface area contributed by atoms with Crippen LogP contribution in [0.4, 0.5) is 0 Å². The number of amides is 1. The number of hydrogen-bond acceptors (Lipinski definition) is 3. The molecule has 2 aromatic rings. The largest absolute Gasteiger partial charge is 0.390 e. The Bertz CT molecular complexity index is 790. The Morgan fingerprint density at radius 1 is 1.42 bits per heavy atom. The normalized spacial score (nSPS) is 29.9. The summed E-state index contributed by atoms with van der Waals surface area (Å²) in [6, 6.07) is 3.57. The summed E-state index contributed by atoms with van der Waals surface area (Å²) in [7, 11) is 0. The highest BCUT2D eigenvalue weighted by molar-refractivity contribution is 6.30. The predicted octanol–water partition coefficient (Wildman–Crippen LogP) is 3.00. The lowest BCUT2D eigenvalue weighted by Gasteiger charge is -2.40. The summed E-state index contributed by atoms with van der Waals surface area (Å²) in [5.41, 5.74) is 0.532. The molecule has 3 atom stereocenters. The molecule has 2 fully saturated rings. The van der Waals surface area contributed by atoms with E-state index < -0.39 is 5.60 Å². The fourth-order valence-electron chi connectivity index (χ4n) is 4.46. The second-order valence-electron chi connectivity index (χ2n) is 7.16. The zero-order valence-corrected chi connectivity index (χ0v) is 14.5. The summed E-state index contributed by atoms with van der Waals surface area (Å²) in [6.07, 6.45) is 7.22. The van der Waals surface area contributed by atoms with Crippen LogP contribution in [-0.4, -0.2) is 44.0 Å². The third-order valence-corrected chi connectivity index (χ3v) is 6.07.